The predicted octanol–water partition coefficient (Wildman–Crippen LogP) is 3.36. The number of hydrogen-bond acceptors (Lipinski definition) is 5. The van der Waals surface area contributed by atoms with Gasteiger partial charge in [0.25, 0.3) is 5.56 Å². The molecule has 1 aliphatic rings. The number of halogens is 1. The van der Waals surface area contributed by atoms with E-state index in [9.17, 15) is 4.79 Å². The second kappa shape index (κ2) is 7.44. The molecule has 4 rings (SSSR count). The molecule has 0 bridgehead atoms. The maximum absolute atomic E-state index is 12.2. The molecule has 0 saturated carbocycles. The second-order valence-corrected chi connectivity index (χ2v) is 7.11. The van der Waals surface area contributed by atoms with Crippen LogP contribution in [0.25, 0.3) is 0 Å². The molecule has 0 amide bonds. The van der Waals surface area contributed by atoms with Crippen LogP contribution in [0.4, 0.5) is 5.95 Å². The Hall–Kier alpha value is -2.80. The molecule has 0 aliphatic carbocycles. The van der Waals surface area contributed by atoms with Crippen LogP contribution in [0.3, 0.4) is 0 Å². The van der Waals surface area contributed by atoms with Gasteiger partial charge < -0.3 is 10.1 Å². The van der Waals surface area contributed by atoms with E-state index in [0.29, 0.717) is 29.8 Å². The van der Waals surface area contributed by atoms with Crippen LogP contribution in [0.2, 0.25) is 5.02 Å². The zero-order valence-corrected chi connectivity index (χ0v) is 15.6. The summed E-state index contributed by atoms with van der Waals surface area (Å²) in [5.74, 6) is 1.33. The van der Waals surface area contributed by atoms with Crippen molar-refractivity contribution in [1.29, 1.82) is 0 Å². The van der Waals surface area contributed by atoms with Crippen molar-refractivity contribution in [1.82, 2.24) is 19.7 Å². The summed E-state index contributed by atoms with van der Waals surface area (Å²) in [6, 6.07) is 9.47. The topological polar surface area (TPSA) is 84.8 Å². The fourth-order valence-corrected chi connectivity index (χ4v) is 3.42. The summed E-state index contributed by atoms with van der Waals surface area (Å²) in [5, 5.41) is 8.12. The zero-order valence-electron chi connectivity index (χ0n) is 14.9. The fourth-order valence-electron chi connectivity index (χ4n) is 3.27. The number of ether oxygens (including phenoxy) is 1. The van der Waals surface area contributed by atoms with Crippen LogP contribution in [0.15, 0.2) is 47.5 Å². The molecule has 7 nitrogen and oxygen atoms in total. The Labute approximate surface area is 161 Å². The van der Waals surface area contributed by atoms with E-state index in [1.54, 1.807) is 17.1 Å². The molecule has 0 fully saturated rings. The van der Waals surface area contributed by atoms with Gasteiger partial charge in [-0.25, -0.2) is 4.98 Å². The van der Waals surface area contributed by atoms with E-state index in [1.807, 2.05) is 31.2 Å². The SMILES string of the molecule is C[C@H](Cn1cc(Cl)cn1)c1cc(=O)[nH]c(N[C@H]2CCOc3ccccc32)n1. The first-order valence-electron chi connectivity index (χ1n) is 8.86. The van der Waals surface area contributed by atoms with Crippen molar-refractivity contribution in [3.05, 3.63) is 69.4 Å². The molecule has 0 unspecified atom stereocenters. The highest BCUT2D eigenvalue weighted by Crippen LogP contribution is 2.33. The van der Waals surface area contributed by atoms with Crippen LogP contribution in [0.5, 0.6) is 5.75 Å². The summed E-state index contributed by atoms with van der Waals surface area (Å²) in [4.78, 5) is 19.6. The molecule has 0 spiro atoms. The molecule has 2 aromatic heterocycles. The van der Waals surface area contributed by atoms with E-state index in [2.05, 4.69) is 20.4 Å². The van der Waals surface area contributed by atoms with Crippen molar-refractivity contribution < 1.29 is 4.74 Å². The van der Waals surface area contributed by atoms with E-state index in [4.69, 9.17) is 16.3 Å². The van der Waals surface area contributed by atoms with Crippen molar-refractivity contribution >= 4 is 17.5 Å². The van der Waals surface area contributed by atoms with Gasteiger partial charge in [0.05, 0.1) is 29.6 Å². The van der Waals surface area contributed by atoms with Gasteiger partial charge >= 0.3 is 0 Å². The number of fused-ring (bicyclic) bond motifs is 1. The standard InChI is InChI=1S/C19H20ClN5O2/c1-12(10-25-11-13(20)9-21-25)16-8-18(26)24-19(23-16)22-15-6-7-27-17-5-3-2-4-14(15)17/h2-5,8-9,11-12,15H,6-7,10H2,1H3,(H2,22,23,24,26)/t12-,15+/m1/s1. The van der Waals surface area contributed by atoms with Crippen molar-refractivity contribution in [2.75, 3.05) is 11.9 Å². The lowest BCUT2D eigenvalue weighted by molar-refractivity contribution is 0.274. The summed E-state index contributed by atoms with van der Waals surface area (Å²) in [7, 11) is 0. The Balaban J connectivity index is 1.55. The minimum Gasteiger partial charge on any atom is -0.493 e. The van der Waals surface area contributed by atoms with Gasteiger partial charge in [0.2, 0.25) is 5.95 Å². The Morgan fingerprint density at radius 1 is 1.44 bits per heavy atom. The molecule has 140 valence electrons. The Morgan fingerprint density at radius 3 is 3.11 bits per heavy atom. The molecule has 2 N–H and O–H groups in total. The van der Waals surface area contributed by atoms with E-state index in [0.717, 1.165) is 17.7 Å². The molecule has 3 aromatic rings. The van der Waals surface area contributed by atoms with Gasteiger partial charge in [-0.2, -0.15) is 5.10 Å². The van der Waals surface area contributed by atoms with Gasteiger partial charge in [0, 0.05) is 36.7 Å². The van der Waals surface area contributed by atoms with Crippen LogP contribution in [0.1, 0.15) is 36.6 Å². The molecule has 1 aromatic carbocycles. The molecule has 3 heterocycles. The Kier molecular flexibility index (Phi) is 4.85. The molecule has 0 saturated heterocycles. The van der Waals surface area contributed by atoms with Gasteiger partial charge in [0.1, 0.15) is 5.75 Å². The largest absolute Gasteiger partial charge is 0.493 e. The molecule has 27 heavy (non-hydrogen) atoms. The lowest BCUT2D eigenvalue weighted by atomic mass is 10.0. The molecule has 0 radical (unpaired) electrons. The quantitative estimate of drug-likeness (QED) is 0.703. The number of nitrogens with zero attached hydrogens (tertiary/aromatic N) is 3. The van der Waals surface area contributed by atoms with Gasteiger partial charge in [-0.3, -0.25) is 14.5 Å². The first-order chi connectivity index (χ1) is 13.1. The van der Waals surface area contributed by atoms with E-state index in [1.165, 1.54) is 6.07 Å². The van der Waals surface area contributed by atoms with Crippen molar-refractivity contribution in [3.63, 3.8) is 0 Å². The van der Waals surface area contributed by atoms with Crippen LogP contribution in [0, 0.1) is 0 Å². The number of nitrogens with one attached hydrogen (secondary N) is 2. The number of benzene rings is 1. The van der Waals surface area contributed by atoms with Gasteiger partial charge in [0.15, 0.2) is 0 Å². The number of aromatic nitrogens is 4. The van der Waals surface area contributed by atoms with Gasteiger partial charge in [-0.15, -0.1) is 0 Å². The third-order valence-corrected chi connectivity index (χ3v) is 4.79. The summed E-state index contributed by atoms with van der Waals surface area (Å²) in [6.07, 6.45) is 4.14. The first-order valence-corrected chi connectivity index (χ1v) is 9.24. The third-order valence-electron chi connectivity index (χ3n) is 4.60. The average Bonchev–Trinajstić information content (AvgIpc) is 3.06. The first kappa shape index (κ1) is 17.6. The van der Waals surface area contributed by atoms with E-state index in [-0.39, 0.29) is 17.5 Å². The van der Waals surface area contributed by atoms with Crippen LogP contribution in [-0.2, 0) is 6.54 Å². The normalized spacial score (nSPS) is 17.0. The highest BCUT2D eigenvalue weighted by atomic mass is 35.5. The van der Waals surface area contributed by atoms with Gasteiger partial charge in [-0.05, 0) is 6.07 Å². The number of para-hydroxylation sites is 1. The number of H-pyrrole nitrogens is 1. The zero-order chi connectivity index (χ0) is 18.8. The Bertz CT molecular complexity index is 1000. The molecule has 8 heteroatoms. The number of rotatable bonds is 5. The van der Waals surface area contributed by atoms with Crippen molar-refractivity contribution in [2.24, 2.45) is 0 Å². The highest BCUT2D eigenvalue weighted by molar-refractivity contribution is 6.30. The molecular formula is C19H20ClN5O2. The van der Waals surface area contributed by atoms with Crippen molar-refractivity contribution in [3.8, 4) is 5.75 Å². The number of hydrogen-bond donors (Lipinski definition) is 2. The second-order valence-electron chi connectivity index (χ2n) is 6.67. The third kappa shape index (κ3) is 3.98. The lowest BCUT2D eigenvalue weighted by Gasteiger charge is -2.27. The van der Waals surface area contributed by atoms with E-state index >= 15 is 0 Å². The summed E-state index contributed by atoms with van der Waals surface area (Å²) in [5.41, 5.74) is 1.58. The van der Waals surface area contributed by atoms with Crippen LogP contribution >= 0.6 is 11.6 Å². The summed E-state index contributed by atoms with van der Waals surface area (Å²) < 4.78 is 7.44. The van der Waals surface area contributed by atoms with E-state index < -0.39 is 0 Å². The van der Waals surface area contributed by atoms with Crippen molar-refractivity contribution in [2.45, 2.75) is 31.8 Å². The number of anilines is 1. The maximum Gasteiger partial charge on any atom is 0.252 e. The summed E-state index contributed by atoms with van der Waals surface area (Å²) in [6.45, 7) is 3.21. The van der Waals surface area contributed by atoms with Crippen LogP contribution in [-0.4, -0.2) is 26.4 Å². The van der Waals surface area contributed by atoms with Gasteiger partial charge in [-0.1, -0.05) is 36.7 Å². The summed E-state index contributed by atoms with van der Waals surface area (Å²) >= 11 is 5.92. The predicted molar refractivity (Wildman–Crippen MR) is 103 cm³/mol. The monoisotopic (exact) mass is 385 g/mol. The Morgan fingerprint density at radius 2 is 2.30 bits per heavy atom. The molecular weight excluding hydrogens is 366 g/mol. The minimum atomic E-state index is -0.187. The minimum absolute atomic E-state index is 0.00536. The lowest BCUT2D eigenvalue weighted by Crippen LogP contribution is -2.23. The smallest absolute Gasteiger partial charge is 0.252 e. The van der Waals surface area contributed by atoms with Crippen LogP contribution < -0.4 is 15.6 Å². The fraction of sp³-hybridized carbons (Fsp3) is 0.316. The maximum atomic E-state index is 12.2. The molecule has 1 aliphatic heterocycles. The molecule has 2 atom stereocenters. The number of aromatic amines is 1. The highest BCUT2D eigenvalue weighted by Gasteiger charge is 2.22. The average molecular weight is 386 g/mol.